The van der Waals surface area contributed by atoms with Crippen molar-refractivity contribution in [2.45, 2.75) is 46.4 Å². The van der Waals surface area contributed by atoms with Crippen molar-refractivity contribution >= 4 is 21.9 Å². The molecule has 1 N–H and O–H groups in total. The first kappa shape index (κ1) is 24.0. The van der Waals surface area contributed by atoms with Crippen LogP contribution in [-0.2, 0) is 14.8 Å². The van der Waals surface area contributed by atoms with E-state index in [1.807, 2.05) is 33.8 Å². The van der Waals surface area contributed by atoms with Gasteiger partial charge in [-0.2, -0.15) is 4.31 Å². The number of nitrogens with one attached hydrogen (secondary N) is 1. The highest BCUT2D eigenvalue weighted by molar-refractivity contribution is 7.89. The van der Waals surface area contributed by atoms with Crippen molar-refractivity contribution in [2.24, 2.45) is 0 Å². The molecule has 2 aromatic rings. The molecule has 1 fully saturated rings. The summed E-state index contributed by atoms with van der Waals surface area (Å²) in [6, 6.07) is 2.00. The lowest BCUT2D eigenvalue weighted by Crippen LogP contribution is -2.50. The molecule has 3 rings (SSSR count). The third kappa shape index (κ3) is 3.95. The number of nitrogens with zero attached hydrogens (tertiary/aromatic N) is 2. The normalized spacial score (nSPS) is 15.2. The minimum atomic E-state index is -3.68. The van der Waals surface area contributed by atoms with E-state index in [0.717, 1.165) is 22.3 Å². The van der Waals surface area contributed by atoms with Crippen LogP contribution in [0.2, 0.25) is 0 Å². The number of ether oxygens (including phenoxy) is 1. The van der Waals surface area contributed by atoms with Gasteiger partial charge in [-0.3, -0.25) is 4.79 Å². The monoisotopic (exact) mass is 461 g/mol. The van der Waals surface area contributed by atoms with Crippen LogP contribution in [0, 0.1) is 41.5 Å². The van der Waals surface area contributed by atoms with E-state index in [1.165, 1.54) is 11.4 Å². The lowest BCUT2D eigenvalue weighted by Gasteiger charge is -2.34. The predicted octanol–water partition coefficient (Wildman–Crippen LogP) is 2.80. The van der Waals surface area contributed by atoms with Crippen LogP contribution in [-0.4, -0.2) is 67.8 Å². The summed E-state index contributed by atoms with van der Waals surface area (Å²) < 4.78 is 33.2. The standard InChI is InChI=1S/C23H31N3O5S/c1-13-12-14(2)16(4)21(15(13)3)32(29,30)26-10-8-25(9-11-26)22(27)20-17(5)19(18(6)24-20)23(28)31-7/h12,24H,8-11H2,1-7H3. The maximum atomic E-state index is 13.5. The maximum Gasteiger partial charge on any atom is 0.339 e. The van der Waals surface area contributed by atoms with Gasteiger partial charge in [0.2, 0.25) is 10.0 Å². The molecule has 1 aromatic carbocycles. The van der Waals surface area contributed by atoms with Gasteiger partial charge < -0.3 is 14.6 Å². The molecule has 1 saturated heterocycles. The molecule has 9 heteroatoms. The SMILES string of the molecule is COC(=O)c1c(C)[nH]c(C(=O)N2CCN(S(=O)(=O)c3c(C)c(C)cc(C)c3C)CC2)c1C. The largest absolute Gasteiger partial charge is 0.465 e. The molecule has 0 radical (unpaired) electrons. The molecule has 0 unspecified atom stereocenters. The molecule has 1 aliphatic heterocycles. The third-order valence-electron chi connectivity index (χ3n) is 6.46. The smallest absolute Gasteiger partial charge is 0.339 e. The number of benzene rings is 1. The summed E-state index contributed by atoms with van der Waals surface area (Å²) in [5.41, 5.74) is 5.21. The number of aryl methyl sites for hydroxylation is 3. The summed E-state index contributed by atoms with van der Waals surface area (Å²) in [7, 11) is -2.38. The molecule has 1 aromatic heterocycles. The molecule has 8 nitrogen and oxygen atoms in total. The third-order valence-corrected chi connectivity index (χ3v) is 8.64. The Bertz CT molecular complexity index is 1160. The van der Waals surface area contributed by atoms with E-state index >= 15 is 0 Å². The first-order valence-corrected chi connectivity index (χ1v) is 12.0. The molecule has 1 amide bonds. The topological polar surface area (TPSA) is 99.8 Å². The van der Waals surface area contributed by atoms with Gasteiger partial charge in [-0.05, 0) is 69.4 Å². The second kappa shape index (κ2) is 8.71. The van der Waals surface area contributed by atoms with Crippen molar-refractivity contribution in [2.75, 3.05) is 33.3 Å². The zero-order valence-corrected chi connectivity index (χ0v) is 20.6. The number of rotatable bonds is 4. The number of carbonyl (C=O) groups excluding carboxylic acids is 2. The second-order valence-electron chi connectivity index (χ2n) is 8.40. The molecular formula is C23H31N3O5S. The van der Waals surface area contributed by atoms with E-state index in [2.05, 4.69) is 4.98 Å². The number of esters is 1. The van der Waals surface area contributed by atoms with Gasteiger partial charge in [0.15, 0.2) is 0 Å². The minimum Gasteiger partial charge on any atom is -0.465 e. The van der Waals surface area contributed by atoms with Crippen molar-refractivity contribution in [1.29, 1.82) is 0 Å². The van der Waals surface area contributed by atoms with Crippen molar-refractivity contribution in [3.8, 4) is 0 Å². The molecule has 0 atom stereocenters. The zero-order chi connectivity index (χ0) is 24.0. The number of aromatic nitrogens is 1. The molecule has 174 valence electrons. The Kier molecular flexibility index (Phi) is 6.53. The van der Waals surface area contributed by atoms with Crippen molar-refractivity contribution in [3.63, 3.8) is 0 Å². The first-order chi connectivity index (χ1) is 14.9. The van der Waals surface area contributed by atoms with Crippen LogP contribution in [0.25, 0.3) is 0 Å². The Balaban J connectivity index is 1.82. The van der Waals surface area contributed by atoms with Gasteiger partial charge in [0, 0.05) is 31.9 Å². The van der Waals surface area contributed by atoms with E-state index in [4.69, 9.17) is 4.74 Å². The van der Waals surface area contributed by atoms with Crippen LogP contribution in [0.4, 0.5) is 0 Å². The molecular weight excluding hydrogens is 430 g/mol. The van der Waals surface area contributed by atoms with Crippen molar-refractivity contribution < 1.29 is 22.7 Å². The van der Waals surface area contributed by atoms with Crippen LogP contribution < -0.4 is 0 Å². The lowest BCUT2D eigenvalue weighted by atomic mass is 10.0. The number of piperazine rings is 1. The number of H-pyrrole nitrogens is 1. The van der Waals surface area contributed by atoms with Crippen molar-refractivity contribution in [3.05, 3.63) is 50.8 Å². The highest BCUT2D eigenvalue weighted by Gasteiger charge is 2.34. The number of amides is 1. The van der Waals surface area contributed by atoms with Crippen LogP contribution >= 0.6 is 0 Å². The average Bonchev–Trinajstić information content (AvgIpc) is 3.05. The predicted molar refractivity (Wildman–Crippen MR) is 122 cm³/mol. The fraction of sp³-hybridized carbons (Fsp3) is 0.478. The quantitative estimate of drug-likeness (QED) is 0.706. The van der Waals surface area contributed by atoms with Gasteiger partial charge in [-0.1, -0.05) is 6.07 Å². The van der Waals surface area contributed by atoms with Crippen LogP contribution in [0.5, 0.6) is 0 Å². The Morgan fingerprint density at radius 1 is 0.906 bits per heavy atom. The number of methoxy groups -OCH3 is 1. The van der Waals surface area contributed by atoms with Gasteiger partial charge in [0.25, 0.3) is 5.91 Å². The summed E-state index contributed by atoms with van der Waals surface area (Å²) >= 11 is 0. The molecule has 0 bridgehead atoms. The lowest BCUT2D eigenvalue weighted by molar-refractivity contribution is 0.0599. The van der Waals surface area contributed by atoms with E-state index in [-0.39, 0.29) is 32.1 Å². The minimum absolute atomic E-state index is 0.211. The fourth-order valence-corrected chi connectivity index (χ4v) is 6.36. The molecule has 0 saturated carbocycles. The first-order valence-electron chi connectivity index (χ1n) is 10.6. The molecule has 0 aliphatic carbocycles. The fourth-order valence-electron chi connectivity index (χ4n) is 4.36. The van der Waals surface area contributed by atoms with Crippen LogP contribution in [0.3, 0.4) is 0 Å². The number of hydrogen-bond donors (Lipinski definition) is 1. The van der Waals surface area contributed by atoms with Crippen LogP contribution in [0.15, 0.2) is 11.0 Å². The molecule has 0 spiro atoms. The highest BCUT2D eigenvalue weighted by atomic mass is 32.2. The molecule has 2 heterocycles. The second-order valence-corrected chi connectivity index (χ2v) is 10.3. The number of carbonyl (C=O) groups is 2. The summed E-state index contributed by atoms with van der Waals surface area (Å²) in [4.78, 5) is 30.1. The van der Waals surface area contributed by atoms with Gasteiger partial charge in [0.1, 0.15) is 5.69 Å². The summed E-state index contributed by atoms with van der Waals surface area (Å²) in [5.74, 6) is -0.748. The van der Waals surface area contributed by atoms with Gasteiger partial charge in [0.05, 0.1) is 17.6 Å². The van der Waals surface area contributed by atoms with E-state index in [0.29, 0.717) is 27.4 Å². The van der Waals surface area contributed by atoms with Gasteiger partial charge >= 0.3 is 5.97 Å². The van der Waals surface area contributed by atoms with E-state index in [9.17, 15) is 18.0 Å². The number of aromatic amines is 1. The number of hydrogen-bond acceptors (Lipinski definition) is 5. The molecule has 1 aliphatic rings. The Morgan fingerprint density at radius 3 is 1.94 bits per heavy atom. The Morgan fingerprint density at radius 2 is 1.44 bits per heavy atom. The van der Waals surface area contributed by atoms with Gasteiger partial charge in [-0.25, -0.2) is 13.2 Å². The van der Waals surface area contributed by atoms with E-state index < -0.39 is 16.0 Å². The Hall–Kier alpha value is -2.65. The summed E-state index contributed by atoms with van der Waals surface area (Å²) in [6.07, 6.45) is 0. The maximum absolute atomic E-state index is 13.5. The van der Waals surface area contributed by atoms with Gasteiger partial charge in [-0.15, -0.1) is 0 Å². The van der Waals surface area contributed by atoms with E-state index in [1.54, 1.807) is 18.7 Å². The average molecular weight is 462 g/mol. The number of sulfonamides is 1. The van der Waals surface area contributed by atoms with Crippen LogP contribution in [0.1, 0.15) is 54.4 Å². The molecule has 32 heavy (non-hydrogen) atoms. The Labute approximate surface area is 189 Å². The zero-order valence-electron chi connectivity index (χ0n) is 19.7. The summed E-state index contributed by atoms with van der Waals surface area (Å²) in [6.45, 7) is 11.9. The summed E-state index contributed by atoms with van der Waals surface area (Å²) in [5, 5.41) is 0. The van der Waals surface area contributed by atoms with Crippen molar-refractivity contribution in [1.82, 2.24) is 14.2 Å². The highest BCUT2D eigenvalue weighted by Crippen LogP contribution is 2.29.